The van der Waals surface area contributed by atoms with Gasteiger partial charge in [-0.2, -0.15) is 0 Å². The van der Waals surface area contributed by atoms with Gasteiger partial charge < -0.3 is 5.32 Å². The van der Waals surface area contributed by atoms with Crippen LogP contribution in [0.4, 0.5) is 5.13 Å². The van der Waals surface area contributed by atoms with Gasteiger partial charge in [-0.25, -0.2) is 4.98 Å². The third-order valence-electron chi connectivity index (χ3n) is 3.62. The molecule has 0 spiro atoms. The van der Waals surface area contributed by atoms with Crippen molar-refractivity contribution < 1.29 is 4.79 Å². The second-order valence-corrected chi connectivity index (χ2v) is 8.10. The van der Waals surface area contributed by atoms with Crippen LogP contribution < -0.4 is 5.32 Å². The van der Waals surface area contributed by atoms with E-state index in [1.165, 1.54) is 28.8 Å². The maximum Gasteiger partial charge on any atom is 0.236 e. The molecule has 3 rings (SSSR count). The Labute approximate surface area is 143 Å². The number of rotatable bonds is 4. The van der Waals surface area contributed by atoms with Gasteiger partial charge in [-0.05, 0) is 49.4 Å². The fourth-order valence-electron chi connectivity index (χ4n) is 2.43. The molecule has 116 valence electrons. The predicted molar refractivity (Wildman–Crippen MR) is 94.1 cm³/mol. The van der Waals surface area contributed by atoms with Gasteiger partial charge in [0.05, 0.1) is 11.4 Å². The van der Waals surface area contributed by atoms with Gasteiger partial charge in [-0.1, -0.05) is 18.5 Å². The van der Waals surface area contributed by atoms with Crippen LogP contribution in [-0.2, 0) is 17.6 Å². The van der Waals surface area contributed by atoms with Gasteiger partial charge in [0.1, 0.15) is 0 Å². The summed E-state index contributed by atoms with van der Waals surface area (Å²) >= 11 is 8.97. The Balaban J connectivity index is 1.54. The number of hydrogen-bond donors (Lipinski definition) is 1. The SMILES string of the molecule is C[C@H]1CCc2nc(NC(=O)CSc3ccc(Cl)cc3)sc2C1. The van der Waals surface area contributed by atoms with E-state index in [1.54, 1.807) is 11.3 Å². The number of carbonyl (C=O) groups is 1. The van der Waals surface area contributed by atoms with Crippen molar-refractivity contribution >= 4 is 45.7 Å². The molecule has 22 heavy (non-hydrogen) atoms. The van der Waals surface area contributed by atoms with Crippen LogP contribution in [0.15, 0.2) is 29.2 Å². The first-order valence-electron chi connectivity index (χ1n) is 7.27. The Kier molecular flexibility index (Phi) is 5.06. The van der Waals surface area contributed by atoms with E-state index in [1.807, 2.05) is 24.3 Å². The summed E-state index contributed by atoms with van der Waals surface area (Å²) in [6.07, 6.45) is 3.31. The van der Waals surface area contributed by atoms with E-state index in [2.05, 4.69) is 17.2 Å². The van der Waals surface area contributed by atoms with Crippen molar-refractivity contribution in [2.24, 2.45) is 5.92 Å². The number of anilines is 1. The molecule has 1 aliphatic rings. The molecule has 3 nitrogen and oxygen atoms in total. The predicted octanol–water partition coefficient (Wildman–Crippen LogP) is 4.65. The Morgan fingerprint density at radius 1 is 1.45 bits per heavy atom. The average molecular weight is 353 g/mol. The lowest BCUT2D eigenvalue weighted by molar-refractivity contribution is -0.113. The summed E-state index contributed by atoms with van der Waals surface area (Å²) in [5.74, 6) is 1.08. The summed E-state index contributed by atoms with van der Waals surface area (Å²) in [6.45, 7) is 2.27. The molecule has 0 unspecified atom stereocenters. The highest BCUT2D eigenvalue weighted by atomic mass is 35.5. The normalized spacial score (nSPS) is 17.1. The number of nitrogens with zero attached hydrogens (tertiary/aromatic N) is 1. The smallest absolute Gasteiger partial charge is 0.236 e. The molecule has 1 aromatic heterocycles. The minimum absolute atomic E-state index is 0.0147. The van der Waals surface area contributed by atoms with Crippen molar-refractivity contribution in [1.29, 1.82) is 0 Å². The summed E-state index contributed by atoms with van der Waals surface area (Å²) in [6, 6.07) is 7.50. The molecule has 1 atom stereocenters. The molecule has 1 amide bonds. The van der Waals surface area contributed by atoms with E-state index in [4.69, 9.17) is 11.6 Å². The lowest BCUT2D eigenvalue weighted by Crippen LogP contribution is -2.14. The lowest BCUT2D eigenvalue weighted by atomic mass is 9.93. The van der Waals surface area contributed by atoms with Crippen LogP contribution in [0, 0.1) is 5.92 Å². The summed E-state index contributed by atoms with van der Waals surface area (Å²) < 4.78 is 0. The Morgan fingerprint density at radius 2 is 2.23 bits per heavy atom. The lowest BCUT2D eigenvalue weighted by Gasteiger charge is -2.15. The summed E-state index contributed by atoms with van der Waals surface area (Å²) in [4.78, 5) is 19.0. The van der Waals surface area contributed by atoms with E-state index in [9.17, 15) is 4.79 Å². The van der Waals surface area contributed by atoms with Crippen LogP contribution in [0.25, 0.3) is 0 Å². The molecule has 0 radical (unpaired) electrons. The first kappa shape index (κ1) is 15.8. The van der Waals surface area contributed by atoms with Gasteiger partial charge in [0.15, 0.2) is 5.13 Å². The van der Waals surface area contributed by atoms with Gasteiger partial charge in [0.2, 0.25) is 5.91 Å². The van der Waals surface area contributed by atoms with E-state index >= 15 is 0 Å². The minimum atomic E-state index is -0.0147. The minimum Gasteiger partial charge on any atom is -0.301 e. The Hall–Kier alpha value is -1.04. The van der Waals surface area contributed by atoms with Crippen molar-refractivity contribution in [1.82, 2.24) is 4.98 Å². The molecule has 1 heterocycles. The number of amides is 1. The van der Waals surface area contributed by atoms with Crippen molar-refractivity contribution in [3.63, 3.8) is 0 Å². The van der Waals surface area contributed by atoms with Crippen molar-refractivity contribution in [2.75, 3.05) is 11.1 Å². The fraction of sp³-hybridized carbons (Fsp3) is 0.375. The standard InChI is InChI=1S/C16H17ClN2OS2/c1-10-2-7-13-14(8-10)22-16(18-13)19-15(20)9-21-12-5-3-11(17)4-6-12/h3-6,10H,2,7-9H2,1H3,(H,18,19,20)/t10-/m0/s1. The quantitative estimate of drug-likeness (QED) is 0.814. The summed E-state index contributed by atoms with van der Waals surface area (Å²) in [5, 5.41) is 4.36. The average Bonchev–Trinajstić information content (AvgIpc) is 2.88. The number of nitrogens with one attached hydrogen (secondary N) is 1. The van der Waals surface area contributed by atoms with E-state index in [0.29, 0.717) is 10.8 Å². The maximum absolute atomic E-state index is 12.0. The van der Waals surface area contributed by atoms with Gasteiger partial charge >= 0.3 is 0 Å². The zero-order valence-corrected chi connectivity index (χ0v) is 14.7. The zero-order chi connectivity index (χ0) is 15.5. The molecule has 0 fully saturated rings. The third-order valence-corrected chi connectivity index (χ3v) is 5.92. The molecular formula is C16H17ClN2OS2. The van der Waals surface area contributed by atoms with Crippen LogP contribution in [-0.4, -0.2) is 16.6 Å². The third kappa shape index (κ3) is 4.03. The van der Waals surface area contributed by atoms with Crippen molar-refractivity contribution in [3.8, 4) is 0 Å². The number of thioether (sulfide) groups is 1. The highest BCUT2D eigenvalue weighted by Gasteiger charge is 2.20. The maximum atomic E-state index is 12.0. The van der Waals surface area contributed by atoms with Crippen molar-refractivity contribution in [2.45, 2.75) is 31.1 Å². The molecule has 2 aromatic rings. The number of fused-ring (bicyclic) bond motifs is 1. The first-order chi connectivity index (χ1) is 10.6. The number of aromatic nitrogens is 1. The number of aryl methyl sites for hydroxylation is 1. The highest BCUT2D eigenvalue weighted by molar-refractivity contribution is 8.00. The number of halogens is 1. The van der Waals surface area contributed by atoms with E-state index in [-0.39, 0.29) is 5.91 Å². The number of thiazole rings is 1. The molecular weight excluding hydrogens is 336 g/mol. The number of carbonyl (C=O) groups excluding carboxylic acids is 1. The molecule has 1 aromatic carbocycles. The molecule has 0 saturated heterocycles. The van der Waals surface area contributed by atoms with Crippen LogP contribution >= 0.6 is 34.7 Å². The first-order valence-corrected chi connectivity index (χ1v) is 9.45. The van der Waals surface area contributed by atoms with Crippen molar-refractivity contribution in [3.05, 3.63) is 39.9 Å². The molecule has 0 aliphatic heterocycles. The van der Waals surface area contributed by atoms with Crippen LogP contribution in [0.5, 0.6) is 0 Å². The van der Waals surface area contributed by atoms with Gasteiger partial charge in [-0.3, -0.25) is 4.79 Å². The van der Waals surface area contributed by atoms with E-state index in [0.717, 1.165) is 28.8 Å². The topological polar surface area (TPSA) is 42.0 Å². The largest absolute Gasteiger partial charge is 0.301 e. The number of benzene rings is 1. The van der Waals surface area contributed by atoms with Crippen LogP contribution in [0.2, 0.25) is 5.02 Å². The van der Waals surface area contributed by atoms with Crippen LogP contribution in [0.3, 0.4) is 0 Å². The second-order valence-electron chi connectivity index (χ2n) is 5.53. The van der Waals surface area contributed by atoms with Gasteiger partial charge in [0, 0.05) is 14.8 Å². The second kappa shape index (κ2) is 7.02. The molecule has 0 saturated carbocycles. The zero-order valence-electron chi connectivity index (χ0n) is 12.3. The molecule has 1 aliphatic carbocycles. The number of hydrogen-bond acceptors (Lipinski definition) is 4. The molecule has 1 N–H and O–H groups in total. The summed E-state index contributed by atoms with van der Waals surface area (Å²) in [7, 11) is 0. The van der Waals surface area contributed by atoms with Gasteiger partial charge in [-0.15, -0.1) is 23.1 Å². The Bertz CT molecular complexity index is 669. The fourth-order valence-corrected chi connectivity index (χ4v) is 4.44. The highest BCUT2D eigenvalue weighted by Crippen LogP contribution is 2.32. The molecule has 0 bridgehead atoms. The van der Waals surface area contributed by atoms with Crippen LogP contribution in [0.1, 0.15) is 23.9 Å². The van der Waals surface area contributed by atoms with E-state index < -0.39 is 0 Å². The summed E-state index contributed by atoms with van der Waals surface area (Å²) in [5.41, 5.74) is 1.17. The monoisotopic (exact) mass is 352 g/mol. The Morgan fingerprint density at radius 3 is 3.00 bits per heavy atom. The molecule has 6 heteroatoms. The van der Waals surface area contributed by atoms with Gasteiger partial charge in [0.25, 0.3) is 0 Å².